The predicted molar refractivity (Wildman–Crippen MR) is 68.8 cm³/mol. The molecule has 2 aromatic carbocycles. The van der Waals surface area contributed by atoms with Crippen LogP contribution in [0.5, 0.6) is 0 Å². The molecule has 0 saturated heterocycles. The monoisotopic (exact) mass is 262 g/mol. The molecule has 0 saturated carbocycles. The third-order valence-electron chi connectivity index (χ3n) is 2.58. The molecular formula is C13H8ClFN2O. The van der Waals surface area contributed by atoms with E-state index in [4.69, 9.17) is 21.8 Å². The van der Waals surface area contributed by atoms with E-state index in [0.29, 0.717) is 28.2 Å². The van der Waals surface area contributed by atoms with Crippen molar-refractivity contribution < 1.29 is 8.81 Å². The predicted octanol–water partition coefficient (Wildman–Crippen LogP) is 3.87. The van der Waals surface area contributed by atoms with Crippen LogP contribution < -0.4 is 5.73 Å². The van der Waals surface area contributed by atoms with Crippen LogP contribution >= 0.6 is 11.6 Å². The Morgan fingerprint density at radius 3 is 2.78 bits per heavy atom. The van der Waals surface area contributed by atoms with Crippen molar-refractivity contribution in [1.29, 1.82) is 0 Å². The number of hydrogen-bond donors (Lipinski definition) is 1. The van der Waals surface area contributed by atoms with Crippen LogP contribution in [-0.2, 0) is 0 Å². The molecule has 0 aliphatic carbocycles. The fourth-order valence-electron chi connectivity index (χ4n) is 1.69. The number of halogens is 2. The topological polar surface area (TPSA) is 52.0 Å². The molecule has 0 unspecified atom stereocenters. The number of oxazole rings is 1. The number of hydrogen-bond acceptors (Lipinski definition) is 3. The van der Waals surface area contributed by atoms with Crippen LogP contribution in [0.3, 0.4) is 0 Å². The van der Waals surface area contributed by atoms with E-state index in [-0.39, 0.29) is 5.02 Å². The number of nitrogens with two attached hydrogens (primary N) is 1. The summed E-state index contributed by atoms with van der Waals surface area (Å²) in [4.78, 5) is 4.29. The van der Waals surface area contributed by atoms with Gasteiger partial charge in [-0.3, -0.25) is 0 Å². The van der Waals surface area contributed by atoms with Crippen LogP contribution in [0, 0.1) is 5.82 Å². The molecule has 90 valence electrons. The molecule has 0 atom stereocenters. The number of nitrogen functional groups attached to an aromatic ring is 1. The molecule has 3 nitrogen and oxygen atoms in total. The van der Waals surface area contributed by atoms with Crippen molar-refractivity contribution in [2.75, 3.05) is 5.73 Å². The van der Waals surface area contributed by atoms with Gasteiger partial charge in [0.25, 0.3) is 0 Å². The van der Waals surface area contributed by atoms with E-state index in [9.17, 15) is 4.39 Å². The minimum absolute atomic E-state index is 0.0364. The van der Waals surface area contributed by atoms with E-state index in [1.165, 1.54) is 12.1 Å². The van der Waals surface area contributed by atoms with E-state index in [2.05, 4.69) is 4.98 Å². The highest BCUT2D eigenvalue weighted by Gasteiger charge is 2.10. The number of fused-ring (bicyclic) bond motifs is 1. The fraction of sp³-hybridized carbons (Fsp3) is 0. The Balaban J connectivity index is 2.16. The summed E-state index contributed by atoms with van der Waals surface area (Å²) in [5, 5.41) is 0.0364. The summed E-state index contributed by atoms with van der Waals surface area (Å²) in [6.45, 7) is 0. The number of benzene rings is 2. The van der Waals surface area contributed by atoms with Crippen molar-refractivity contribution in [2.24, 2.45) is 0 Å². The van der Waals surface area contributed by atoms with Gasteiger partial charge in [-0.1, -0.05) is 11.6 Å². The first-order valence-electron chi connectivity index (χ1n) is 5.25. The van der Waals surface area contributed by atoms with Gasteiger partial charge in [-0.15, -0.1) is 0 Å². The first-order chi connectivity index (χ1) is 8.63. The lowest BCUT2D eigenvalue weighted by Gasteiger charge is -1.97. The highest BCUT2D eigenvalue weighted by atomic mass is 35.5. The number of aromatic nitrogens is 1. The molecule has 0 aliphatic rings. The van der Waals surface area contributed by atoms with E-state index < -0.39 is 5.82 Å². The summed E-state index contributed by atoms with van der Waals surface area (Å²) in [7, 11) is 0. The second-order valence-corrected chi connectivity index (χ2v) is 4.28. The van der Waals surface area contributed by atoms with Crippen molar-refractivity contribution in [3.05, 3.63) is 47.2 Å². The molecule has 0 aliphatic heterocycles. The molecule has 1 aromatic heterocycles. The summed E-state index contributed by atoms with van der Waals surface area (Å²) in [6.07, 6.45) is 0. The molecule has 1 heterocycles. The summed E-state index contributed by atoms with van der Waals surface area (Å²) in [5.41, 5.74) is 8.16. The first-order valence-corrected chi connectivity index (χ1v) is 5.63. The van der Waals surface area contributed by atoms with Crippen LogP contribution in [0.2, 0.25) is 5.02 Å². The molecule has 2 N–H and O–H groups in total. The molecule has 0 bridgehead atoms. The molecular weight excluding hydrogens is 255 g/mol. The maximum atomic E-state index is 13.1. The van der Waals surface area contributed by atoms with Gasteiger partial charge in [0.1, 0.15) is 11.3 Å². The van der Waals surface area contributed by atoms with Crippen LogP contribution in [0.25, 0.3) is 22.6 Å². The van der Waals surface area contributed by atoms with Gasteiger partial charge < -0.3 is 10.2 Å². The van der Waals surface area contributed by atoms with Gasteiger partial charge in [0.05, 0.1) is 5.02 Å². The summed E-state index contributed by atoms with van der Waals surface area (Å²) in [5.74, 6) is -0.0849. The number of nitrogens with zero attached hydrogens (tertiary/aromatic N) is 1. The quantitative estimate of drug-likeness (QED) is 0.677. The molecule has 3 aromatic rings. The Morgan fingerprint density at radius 1 is 1.17 bits per heavy atom. The van der Waals surface area contributed by atoms with E-state index >= 15 is 0 Å². The summed E-state index contributed by atoms with van der Waals surface area (Å²) >= 11 is 5.72. The van der Waals surface area contributed by atoms with E-state index in [1.807, 2.05) is 0 Å². The molecule has 0 radical (unpaired) electrons. The third kappa shape index (κ3) is 1.80. The second kappa shape index (κ2) is 3.99. The Bertz CT molecular complexity index is 739. The van der Waals surface area contributed by atoms with Gasteiger partial charge >= 0.3 is 0 Å². The molecule has 3 rings (SSSR count). The zero-order chi connectivity index (χ0) is 12.7. The zero-order valence-corrected chi connectivity index (χ0v) is 9.91. The maximum absolute atomic E-state index is 13.1. The minimum atomic E-state index is -0.472. The highest BCUT2D eigenvalue weighted by Crippen LogP contribution is 2.28. The minimum Gasteiger partial charge on any atom is -0.436 e. The molecule has 0 spiro atoms. The largest absolute Gasteiger partial charge is 0.436 e. The average molecular weight is 263 g/mol. The standard InChI is InChI=1S/C13H8ClFN2O/c14-9-5-7(1-3-10(9)15)13-17-11-4-2-8(16)6-12(11)18-13/h1-6H,16H2. The van der Waals surface area contributed by atoms with Crippen molar-refractivity contribution >= 4 is 28.4 Å². The molecule has 18 heavy (non-hydrogen) atoms. The van der Waals surface area contributed by atoms with Crippen molar-refractivity contribution in [3.8, 4) is 11.5 Å². The van der Waals surface area contributed by atoms with Gasteiger partial charge in [0.2, 0.25) is 5.89 Å². The van der Waals surface area contributed by atoms with E-state index in [1.54, 1.807) is 24.3 Å². The van der Waals surface area contributed by atoms with Crippen LogP contribution in [0.15, 0.2) is 40.8 Å². The first kappa shape index (κ1) is 11.0. The molecule has 0 amide bonds. The number of rotatable bonds is 1. The number of anilines is 1. The van der Waals surface area contributed by atoms with Gasteiger partial charge in [0.15, 0.2) is 5.58 Å². The summed E-state index contributed by atoms with van der Waals surface area (Å²) in [6, 6.07) is 9.52. The normalized spacial score (nSPS) is 11.0. The lowest BCUT2D eigenvalue weighted by Crippen LogP contribution is -1.81. The van der Waals surface area contributed by atoms with Crippen molar-refractivity contribution in [2.45, 2.75) is 0 Å². The van der Waals surface area contributed by atoms with Gasteiger partial charge in [-0.2, -0.15) is 0 Å². The van der Waals surface area contributed by atoms with E-state index in [0.717, 1.165) is 0 Å². The molecule has 5 heteroatoms. The van der Waals surface area contributed by atoms with Crippen LogP contribution in [-0.4, -0.2) is 4.98 Å². The fourth-order valence-corrected chi connectivity index (χ4v) is 1.87. The Kier molecular flexibility index (Phi) is 2.45. The smallest absolute Gasteiger partial charge is 0.227 e. The van der Waals surface area contributed by atoms with Crippen molar-refractivity contribution in [1.82, 2.24) is 4.98 Å². The Labute approximate surface area is 107 Å². The summed E-state index contributed by atoms with van der Waals surface area (Å²) < 4.78 is 18.6. The zero-order valence-electron chi connectivity index (χ0n) is 9.15. The van der Waals surface area contributed by atoms with Crippen LogP contribution in [0.4, 0.5) is 10.1 Å². The molecule has 0 fully saturated rings. The lowest BCUT2D eigenvalue weighted by atomic mass is 10.2. The lowest BCUT2D eigenvalue weighted by molar-refractivity contribution is 0.616. The highest BCUT2D eigenvalue weighted by molar-refractivity contribution is 6.31. The third-order valence-corrected chi connectivity index (χ3v) is 2.87. The SMILES string of the molecule is Nc1ccc2nc(-c3ccc(F)c(Cl)c3)oc2c1. The van der Waals surface area contributed by atoms with Gasteiger partial charge in [-0.25, -0.2) is 9.37 Å². The van der Waals surface area contributed by atoms with Crippen molar-refractivity contribution in [3.63, 3.8) is 0 Å². The maximum Gasteiger partial charge on any atom is 0.227 e. The Hall–Kier alpha value is -2.07. The average Bonchev–Trinajstić information content (AvgIpc) is 2.75. The van der Waals surface area contributed by atoms with Gasteiger partial charge in [-0.05, 0) is 30.3 Å². The Morgan fingerprint density at radius 2 is 2.00 bits per heavy atom. The van der Waals surface area contributed by atoms with Gasteiger partial charge in [0, 0.05) is 17.3 Å². The van der Waals surface area contributed by atoms with Crippen LogP contribution in [0.1, 0.15) is 0 Å². The second-order valence-electron chi connectivity index (χ2n) is 3.88.